The molecule has 6 nitrogen and oxygen atoms in total. The molecular formula is C16H21BO6. The summed E-state index contributed by atoms with van der Waals surface area (Å²) in [4.78, 5) is 23.7. The maximum Gasteiger partial charge on any atom is 0.494 e. The number of hydrogen-bond donors (Lipinski definition) is 0. The highest BCUT2D eigenvalue weighted by molar-refractivity contribution is 6.62. The van der Waals surface area contributed by atoms with E-state index in [1.54, 1.807) is 12.1 Å². The summed E-state index contributed by atoms with van der Waals surface area (Å²) in [6, 6.07) is 4.62. The van der Waals surface area contributed by atoms with Crippen molar-refractivity contribution in [2.45, 2.75) is 38.9 Å². The van der Waals surface area contributed by atoms with Crippen LogP contribution in [0.5, 0.6) is 0 Å². The fraction of sp³-hybridized carbons (Fsp3) is 0.500. The van der Waals surface area contributed by atoms with E-state index in [1.165, 1.54) is 20.3 Å². The molecule has 1 aromatic rings. The first-order chi connectivity index (χ1) is 10.6. The third-order valence-electron chi connectivity index (χ3n) is 4.32. The molecule has 1 saturated heterocycles. The van der Waals surface area contributed by atoms with E-state index < -0.39 is 30.3 Å². The van der Waals surface area contributed by atoms with Gasteiger partial charge in [-0.25, -0.2) is 9.59 Å². The Balaban J connectivity index is 2.46. The van der Waals surface area contributed by atoms with Gasteiger partial charge in [-0.2, -0.15) is 0 Å². The molecule has 124 valence electrons. The summed E-state index contributed by atoms with van der Waals surface area (Å²) in [6.07, 6.45) is 0. The zero-order chi connectivity index (χ0) is 17.4. The molecule has 0 bridgehead atoms. The molecule has 0 aliphatic carbocycles. The quantitative estimate of drug-likeness (QED) is 0.622. The summed E-state index contributed by atoms with van der Waals surface area (Å²) < 4.78 is 21.4. The largest absolute Gasteiger partial charge is 0.494 e. The standard InChI is InChI=1S/C16H21BO6/c1-15(2)16(3,4)23-17(22-15)12-8-10(13(18)20-5)7-11(9-12)14(19)21-6/h7-9H,1-6H3. The number of carbonyl (C=O) groups excluding carboxylic acids is 2. The maximum absolute atomic E-state index is 11.8. The van der Waals surface area contributed by atoms with Gasteiger partial charge in [-0.1, -0.05) is 0 Å². The van der Waals surface area contributed by atoms with Gasteiger partial charge in [0.05, 0.1) is 36.5 Å². The zero-order valence-corrected chi connectivity index (χ0v) is 14.3. The molecule has 2 rings (SSSR count). The van der Waals surface area contributed by atoms with Gasteiger partial charge in [0.2, 0.25) is 0 Å². The van der Waals surface area contributed by atoms with Crippen LogP contribution in [-0.4, -0.2) is 44.5 Å². The van der Waals surface area contributed by atoms with Gasteiger partial charge < -0.3 is 18.8 Å². The minimum atomic E-state index is -0.687. The Morgan fingerprint density at radius 1 is 0.870 bits per heavy atom. The average Bonchev–Trinajstić information content (AvgIpc) is 2.73. The van der Waals surface area contributed by atoms with Crippen LogP contribution in [0, 0.1) is 0 Å². The summed E-state index contributed by atoms with van der Waals surface area (Å²) in [7, 11) is 1.87. The van der Waals surface area contributed by atoms with E-state index in [0.717, 1.165) is 0 Å². The first-order valence-electron chi connectivity index (χ1n) is 7.28. The Kier molecular flexibility index (Phi) is 4.55. The molecular weight excluding hydrogens is 299 g/mol. The van der Waals surface area contributed by atoms with Crippen LogP contribution < -0.4 is 5.46 Å². The van der Waals surface area contributed by atoms with Crippen molar-refractivity contribution in [3.63, 3.8) is 0 Å². The van der Waals surface area contributed by atoms with E-state index in [-0.39, 0.29) is 11.1 Å². The van der Waals surface area contributed by atoms with Gasteiger partial charge in [0.25, 0.3) is 0 Å². The normalized spacial score (nSPS) is 18.6. The highest BCUT2D eigenvalue weighted by Crippen LogP contribution is 2.36. The predicted molar refractivity (Wildman–Crippen MR) is 84.8 cm³/mol. The van der Waals surface area contributed by atoms with Crippen molar-refractivity contribution in [2.75, 3.05) is 14.2 Å². The molecule has 23 heavy (non-hydrogen) atoms. The highest BCUT2D eigenvalue weighted by Gasteiger charge is 2.51. The number of esters is 2. The van der Waals surface area contributed by atoms with Crippen molar-refractivity contribution in [1.82, 2.24) is 0 Å². The summed E-state index contributed by atoms with van der Waals surface area (Å²) in [5.74, 6) is -1.10. The van der Waals surface area contributed by atoms with Crippen LogP contribution in [0.4, 0.5) is 0 Å². The molecule has 0 aromatic heterocycles. The lowest BCUT2D eigenvalue weighted by atomic mass is 9.77. The van der Waals surface area contributed by atoms with Crippen LogP contribution in [-0.2, 0) is 18.8 Å². The average molecular weight is 320 g/mol. The van der Waals surface area contributed by atoms with Gasteiger partial charge >= 0.3 is 19.1 Å². The Labute approximate surface area is 136 Å². The van der Waals surface area contributed by atoms with Crippen molar-refractivity contribution in [2.24, 2.45) is 0 Å². The third kappa shape index (κ3) is 3.25. The molecule has 1 aromatic carbocycles. The summed E-state index contributed by atoms with van der Waals surface area (Å²) in [5.41, 5.74) is -0.0125. The Morgan fingerprint density at radius 3 is 1.61 bits per heavy atom. The topological polar surface area (TPSA) is 71.1 Å². The minimum absolute atomic E-state index is 0.236. The van der Waals surface area contributed by atoms with E-state index in [1.807, 2.05) is 27.7 Å². The maximum atomic E-state index is 11.8. The lowest BCUT2D eigenvalue weighted by Crippen LogP contribution is -2.41. The molecule has 0 spiro atoms. The summed E-state index contributed by atoms with van der Waals surface area (Å²) in [6.45, 7) is 7.72. The monoisotopic (exact) mass is 320 g/mol. The van der Waals surface area contributed by atoms with E-state index in [2.05, 4.69) is 0 Å². The molecule has 0 radical (unpaired) electrons. The molecule has 0 unspecified atom stereocenters. The number of ether oxygens (including phenoxy) is 2. The van der Waals surface area contributed by atoms with Crippen molar-refractivity contribution in [3.8, 4) is 0 Å². The Bertz CT molecular complexity index is 587. The van der Waals surface area contributed by atoms with Crippen LogP contribution >= 0.6 is 0 Å². The summed E-state index contributed by atoms with van der Waals surface area (Å²) >= 11 is 0. The Hall–Kier alpha value is -1.86. The van der Waals surface area contributed by atoms with E-state index in [9.17, 15) is 9.59 Å². The molecule has 0 N–H and O–H groups in total. The summed E-state index contributed by atoms with van der Waals surface area (Å²) in [5, 5.41) is 0. The second kappa shape index (κ2) is 5.98. The number of rotatable bonds is 3. The van der Waals surface area contributed by atoms with Gasteiger partial charge in [0, 0.05) is 0 Å². The van der Waals surface area contributed by atoms with Gasteiger partial charge in [-0.05, 0) is 51.4 Å². The lowest BCUT2D eigenvalue weighted by Gasteiger charge is -2.32. The van der Waals surface area contributed by atoms with Crippen LogP contribution in [0.25, 0.3) is 0 Å². The lowest BCUT2D eigenvalue weighted by molar-refractivity contribution is 0.00578. The van der Waals surface area contributed by atoms with Crippen LogP contribution in [0.3, 0.4) is 0 Å². The van der Waals surface area contributed by atoms with Crippen LogP contribution in [0.1, 0.15) is 48.4 Å². The van der Waals surface area contributed by atoms with E-state index >= 15 is 0 Å². The number of hydrogen-bond acceptors (Lipinski definition) is 6. The zero-order valence-electron chi connectivity index (χ0n) is 14.3. The molecule has 1 fully saturated rings. The van der Waals surface area contributed by atoms with E-state index in [4.69, 9.17) is 18.8 Å². The van der Waals surface area contributed by atoms with Crippen molar-refractivity contribution in [3.05, 3.63) is 29.3 Å². The fourth-order valence-corrected chi connectivity index (χ4v) is 2.24. The Morgan fingerprint density at radius 2 is 1.26 bits per heavy atom. The second-order valence-corrected chi connectivity index (χ2v) is 6.42. The minimum Gasteiger partial charge on any atom is -0.465 e. The number of methoxy groups -OCH3 is 2. The second-order valence-electron chi connectivity index (χ2n) is 6.42. The number of carbonyl (C=O) groups is 2. The van der Waals surface area contributed by atoms with Crippen molar-refractivity contribution >= 4 is 24.5 Å². The first kappa shape index (κ1) is 17.5. The molecule has 0 atom stereocenters. The molecule has 7 heteroatoms. The van der Waals surface area contributed by atoms with Crippen LogP contribution in [0.2, 0.25) is 0 Å². The highest BCUT2D eigenvalue weighted by atomic mass is 16.7. The van der Waals surface area contributed by atoms with E-state index in [0.29, 0.717) is 5.46 Å². The smallest absolute Gasteiger partial charge is 0.465 e. The third-order valence-corrected chi connectivity index (χ3v) is 4.32. The van der Waals surface area contributed by atoms with Crippen molar-refractivity contribution < 1.29 is 28.4 Å². The first-order valence-corrected chi connectivity index (χ1v) is 7.28. The molecule has 1 aliphatic rings. The van der Waals surface area contributed by atoms with Gasteiger partial charge in [0.1, 0.15) is 0 Å². The molecule has 1 aliphatic heterocycles. The van der Waals surface area contributed by atoms with Gasteiger partial charge in [-0.15, -0.1) is 0 Å². The molecule has 1 heterocycles. The molecule has 0 saturated carbocycles. The number of benzene rings is 1. The fourth-order valence-electron chi connectivity index (χ4n) is 2.24. The molecule has 0 amide bonds. The predicted octanol–water partition coefficient (Wildman–Crippen LogP) is 1.56. The van der Waals surface area contributed by atoms with Gasteiger partial charge in [-0.3, -0.25) is 0 Å². The van der Waals surface area contributed by atoms with Gasteiger partial charge in [0.15, 0.2) is 0 Å². The SMILES string of the molecule is COC(=O)c1cc(B2OC(C)(C)C(C)(C)O2)cc(C(=O)OC)c1. The van der Waals surface area contributed by atoms with Crippen LogP contribution in [0.15, 0.2) is 18.2 Å². The van der Waals surface area contributed by atoms with Crippen molar-refractivity contribution in [1.29, 1.82) is 0 Å².